The summed E-state index contributed by atoms with van der Waals surface area (Å²) in [5.41, 5.74) is 9.22. The van der Waals surface area contributed by atoms with E-state index in [-0.39, 0.29) is 0 Å². The molecule has 3 heteroatoms. The topological polar surface area (TPSA) is 38.0 Å². The van der Waals surface area contributed by atoms with Gasteiger partial charge in [0, 0.05) is 11.3 Å². The van der Waals surface area contributed by atoms with Crippen LogP contribution >= 0.6 is 11.8 Å². The number of aryl methyl sites for hydroxylation is 1. The summed E-state index contributed by atoms with van der Waals surface area (Å²) in [6.07, 6.45) is 6.05. The molecule has 2 unspecified atom stereocenters. The first-order valence-electron chi connectivity index (χ1n) is 5.85. The third kappa shape index (κ3) is 2.46. The quantitative estimate of drug-likeness (QED) is 0.791. The maximum absolute atomic E-state index is 6.06. The minimum Gasteiger partial charge on any atom is -0.397 e. The molecule has 1 fully saturated rings. The number of rotatable bonds is 3. The minimum absolute atomic E-state index is 0.599. The van der Waals surface area contributed by atoms with Gasteiger partial charge < -0.3 is 11.1 Å². The lowest BCUT2D eigenvalue weighted by molar-refractivity contribution is 0.757. The Morgan fingerprint density at radius 1 is 1.38 bits per heavy atom. The normalized spacial score (nSPS) is 24.6. The lowest BCUT2D eigenvalue weighted by Gasteiger charge is -2.17. The van der Waals surface area contributed by atoms with E-state index in [0.717, 1.165) is 22.2 Å². The Labute approximate surface area is 102 Å². The zero-order valence-electron chi connectivity index (χ0n) is 9.99. The van der Waals surface area contributed by atoms with Gasteiger partial charge in [-0.15, -0.1) is 0 Å². The van der Waals surface area contributed by atoms with Crippen molar-refractivity contribution in [2.45, 2.75) is 37.5 Å². The van der Waals surface area contributed by atoms with Gasteiger partial charge in [0.1, 0.15) is 0 Å². The second kappa shape index (κ2) is 5.00. The van der Waals surface area contributed by atoms with Crippen LogP contribution in [0.15, 0.2) is 18.2 Å². The Kier molecular flexibility index (Phi) is 3.64. The highest BCUT2D eigenvalue weighted by Crippen LogP contribution is 2.32. The van der Waals surface area contributed by atoms with Crippen LogP contribution < -0.4 is 11.1 Å². The fraction of sp³-hybridized carbons (Fsp3) is 0.538. The van der Waals surface area contributed by atoms with Gasteiger partial charge in [0.15, 0.2) is 0 Å². The molecule has 1 aliphatic carbocycles. The number of thioether (sulfide) groups is 1. The summed E-state index contributed by atoms with van der Waals surface area (Å²) in [4.78, 5) is 0. The Balaban J connectivity index is 2.02. The molecule has 1 saturated carbocycles. The fourth-order valence-corrected chi connectivity index (χ4v) is 3.11. The second-order valence-corrected chi connectivity index (χ2v) is 5.69. The van der Waals surface area contributed by atoms with E-state index in [2.05, 4.69) is 36.7 Å². The third-order valence-corrected chi connectivity index (χ3v) is 4.50. The number of hydrogen-bond acceptors (Lipinski definition) is 3. The van der Waals surface area contributed by atoms with Crippen LogP contribution in [0.3, 0.4) is 0 Å². The average molecular weight is 236 g/mol. The summed E-state index contributed by atoms with van der Waals surface area (Å²) in [7, 11) is 0. The van der Waals surface area contributed by atoms with Crippen LogP contribution in [0, 0.1) is 6.92 Å². The van der Waals surface area contributed by atoms with Crippen molar-refractivity contribution in [3.05, 3.63) is 23.8 Å². The molecule has 2 atom stereocenters. The molecule has 2 rings (SSSR count). The number of para-hydroxylation sites is 1. The van der Waals surface area contributed by atoms with E-state index in [1.54, 1.807) is 0 Å². The number of hydrogen-bond donors (Lipinski definition) is 2. The molecule has 3 N–H and O–H groups in total. The van der Waals surface area contributed by atoms with Crippen molar-refractivity contribution < 1.29 is 0 Å². The maximum Gasteiger partial charge on any atom is 0.0579 e. The lowest BCUT2D eigenvalue weighted by Crippen LogP contribution is -2.17. The van der Waals surface area contributed by atoms with Crippen LogP contribution in [0.5, 0.6) is 0 Å². The molecule has 0 radical (unpaired) electrons. The van der Waals surface area contributed by atoms with Crippen molar-refractivity contribution in [3.8, 4) is 0 Å². The third-order valence-electron chi connectivity index (χ3n) is 3.40. The molecular formula is C13H20N2S. The summed E-state index contributed by atoms with van der Waals surface area (Å²) in [5.74, 6) is 0. The van der Waals surface area contributed by atoms with E-state index >= 15 is 0 Å². The molecule has 0 spiro atoms. The standard InChI is InChI=1S/C13H20N2S/c1-9-4-3-5-12(13(9)14)15-10-6-7-11(8-10)16-2/h3-5,10-11,15H,6-8,14H2,1-2H3. The van der Waals surface area contributed by atoms with Crippen LogP contribution in [0.4, 0.5) is 11.4 Å². The molecule has 16 heavy (non-hydrogen) atoms. The number of nitrogens with one attached hydrogen (secondary N) is 1. The number of nitrogen functional groups attached to an aromatic ring is 1. The predicted octanol–water partition coefficient (Wildman–Crippen LogP) is 3.27. The van der Waals surface area contributed by atoms with E-state index in [4.69, 9.17) is 5.73 Å². The fourth-order valence-electron chi connectivity index (χ4n) is 2.31. The molecule has 0 aliphatic heterocycles. The van der Waals surface area contributed by atoms with Gasteiger partial charge >= 0.3 is 0 Å². The van der Waals surface area contributed by atoms with Crippen LogP contribution in [-0.2, 0) is 0 Å². The SMILES string of the molecule is CSC1CCC(Nc2cccc(C)c2N)C1. The summed E-state index contributed by atoms with van der Waals surface area (Å²) in [6.45, 7) is 2.06. The first-order valence-corrected chi connectivity index (χ1v) is 7.14. The zero-order valence-corrected chi connectivity index (χ0v) is 10.8. The van der Waals surface area contributed by atoms with Gasteiger partial charge in [0.25, 0.3) is 0 Å². The summed E-state index contributed by atoms with van der Waals surface area (Å²) >= 11 is 1.98. The zero-order chi connectivity index (χ0) is 11.5. The summed E-state index contributed by atoms with van der Waals surface area (Å²) in [6, 6.07) is 6.80. The summed E-state index contributed by atoms with van der Waals surface area (Å²) < 4.78 is 0. The molecule has 0 amide bonds. The highest BCUT2D eigenvalue weighted by Gasteiger charge is 2.24. The van der Waals surface area contributed by atoms with Crippen LogP contribution in [0.25, 0.3) is 0 Å². The van der Waals surface area contributed by atoms with Crippen molar-refractivity contribution in [2.24, 2.45) is 0 Å². The molecule has 0 heterocycles. The van der Waals surface area contributed by atoms with Crippen molar-refractivity contribution in [1.29, 1.82) is 0 Å². The van der Waals surface area contributed by atoms with E-state index in [1.807, 2.05) is 11.8 Å². The van der Waals surface area contributed by atoms with Crippen LogP contribution in [0.1, 0.15) is 24.8 Å². The highest BCUT2D eigenvalue weighted by atomic mass is 32.2. The van der Waals surface area contributed by atoms with Crippen molar-refractivity contribution in [3.63, 3.8) is 0 Å². The Morgan fingerprint density at radius 3 is 2.88 bits per heavy atom. The van der Waals surface area contributed by atoms with Crippen molar-refractivity contribution in [1.82, 2.24) is 0 Å². The van der Waals surface area contributed by atoms with Crippen molar-refractivity contribution in [2.75, 3.05) is 17.3 Å². The molecule has 0 bridgehead atoms. The molecule has 0 aromatic heterocycles. The molecular weight excluding hydrogens is 216 g/mol. The smallest absolute Gasteiger partial charge is 0.0579 e. The van der Waals surface area contributed by atoms with Gasteiger partial charge in [-0.05, 0) is 44.1 Å². The monoisotopic (exact) mass is 236 g/mol. The molecule has 1 aromatic rings. The molecule has 1 aliphatic rings. The minimum atomic E-state index is 0.599. The van der Waals surface area contributed by atoms with Crippen molar-refractivity contribution >= 4 is 23.1 Å². The van der Waals surface area contributed by atoms with Gasteiger partial charge in [0.2, 0.25) is 0 Å². The molecule has 2 nitrogen and oxygen atoms in total. The van der Waals surface area contributed by atoms with Crippen LogP contribution in [0.2, 0.25) is 0 Å². The van der Waals surface area contributed by atoms with E-state index < -0.39 is 0 Å². The number of anilines is 2. The van der Waals surface area contributed by atoms with E-state index in [0.29, 0.717) is 6.04 Å². The molecule has 0 saturated heterocycles. The first-order chi connectivity index (χ1) is 7.70. The Hall–Kier alpha value is -0.830. The lowest BCUT2D eigenvalue weighted by atomic mass is 10.1. The number of nitrogens with two attached hydrogens (primary N) is 1. The summed E-state index contributed by atoms with van der Waals surface area (Å²) in [5, 5.41) is 4.40. The largest absolute Gasteiger partial charge is 0.397 e. The average Bonchev–Trinajstić information content (AvgIpc) is 2.73. The Morgan fingerprint density at radius 2 is 2.19 bits per heavy atom. The van der Waals surface area contributed by atoms with E-state index in [9.17, 15) is 0 Å². The van der Waals surface area contributed by atoms with Gasteiger partial charge in [0.05, 0.1) is 11.4 Å². The van der Waals surface area contributed by atoms with Crippen LogP contribution in [-0.4, -0.2) is 17.5 Å². The predicted molar refractivity (Wildman–Crippen MR) is 74.2 cm³/mol. The van der Waals surface area contributed by atoms with Gasteiger partial charge in [-0.3, -0.25) is 0 Å². The maximum atomic E-state index is 6.06. The first kappa shape index (κ1) is 11.6. The van der Waals surface area contributed by atoms with Gasteiger partial charge in [-0.25, -0.2) is 0 Å². The van der Waals surface area contributed by atoms with Gasteiger partial charge in [-0.1, -0.05) is 12.1 Å². The van der Waals surface area contributed by atoms with Gasteiger partial charge in [-0.2, -0.15) is 11.8 Å². The Bertz CT molecular complexity index is 365. The van der Waals surface area contributed by atoms with E-state index in [1.165, 1.54) is 19.3 Å². The number of benzene rings is 1. The molecule has 88 valence electrons. The second-order valence-electron chi connectivity index (χ2n) is 4.55. The highest BCUT2D eigenvalue weighted by molar-refractivity contribution is 7.99. The molecule has 1 aromatic carbocycles.